The van der Waals surface area contributed by atoms with Gasteiger partial charge in [-0.2, -0.15) is 0 Å². The van der Waals surface area contributed by atoms with Gasteiger partial charge >= 0.3 is 0 Å². The van der Waals surface area contributed by atoms with Crippen LogP contribution in [0.2, 0.25) is 0 Å². The predicted octanol–water partition coefficient (Wildman–Crippen LogP) is 2.44. The molecule has 1 amide bonds. The van der Waals surface area contributed by atoms with Crippen molar-refractivity contribution in [2.45, 2.75) is 31.6 Å². The topological polar surface area (TPSA) is 36.0 Å². The van der Waals surface area contributed by atoms with E-state index in [-0.39, 0.29) is 0 Å². The standard InChI is InChI=1S/C23H35N3O2/c1-24-18-21(20-5-3-2-4-6-20)17-23(19-24)8-11-26(12-9-23)22(27)7-10-25-13-15-28-16-14-25/h2-6,21H,7-19H2,1H3/t21-/m0/s1. The molecule has 3 saturated heterocycles. The van der Waals surface area contributed by atoms with E-state index in [2.05, 4.69) is 52.1 Å². The van der Waals surface area contributed by atoms with Gasteiger partial charge in [0, 0.05) is 52.2 Å². The van der Waals surface area contributed by atoms with Crippen molar-refractivity contribution in [2.24, 2.45) is 5.41 Å². The van der Waals surface area contributed by atoms with Gasteiger partial charge in [-0.15, -0.1) is 0 Å². The van der Waals surface area contributed by atoms with Crippen molar-refractivity contribution in [1.82, 2.24) is 14.7 Å². The zero-order valence-corrected chi connectivity index (χ0v) is 17.3. The number of likely N-dealkylation sites (N-methyl/N-ethyl adjacent to an activating group) is 1. The van der Waals surface area contributed by atoms with E-state index < -0.39 is 0 Å². The maximum absolute atomic E-state index is 12.7. The van der Waals surface area contributed by atoms with Crippen LogP contribution in [0.3, 0.4) is 0 Å². The van der Waals surface area contributed by atoms with Crippen LogP contribution in [-0.4, -0.2) is 86.7 Å². The molecule has 1 aromatic carbocycles. The number of amides is 1. The van der Waals surface area contributed by atoms with Crippen molar-refractivity contribution in [3.63, 3.8) is 0 Å². The van der Waals surface area contributed by atoms with Crippen molar-refractivity contribution in [1.29, 1.82) is 0 Å². The van der Waals surface area contributed by atoms with Crippen molar-refractivity contribution >= 4 is 5.91 Å². The first-order valence-corrected chi connectivity index (χ1v) is 10.9. The quantitative estimate of drug-likeness (QED) is 0.798. The maximum atomic E-state index is 12.7. The van der Waals surface area contributed by atoms with Crippen LogP contribution in [0, 0.1) is 5.41 Å². The highest BCUT2D eigenvalue weighted by Gasteiger charge is 2.41. The third-order valence-electron chi connectivity index (χ3n) is 7.01. The molecule has 0 saturated carbocycles. The summed E-state index contributed by atoms with van der Waals surface area (Å²) in [5.74, 6) is 0.952. The molecule has 1 aromatic rings. The molecule has 28 heavy (non-hydrogen) atoms. The van der Waals surface area contributed by atoms with Crippen molar-refractivity contribution in [3.8, 4) is 0 Å². The summed E-state index contributed by atoms with van der Waals surface area (Å²) >= 11 is 0. The van der Waals surface area contributed by atoms with Gasteiger partial charge in [-0.3, -0.25) is 9.69 Å². The fourth-order valence-electron chi connectivity index (χ4n) is 5.44. The van der Waals surface area contributed by atoms with E-state index in [1.165, 1.54) is 18.5 Å². The Morgan fingerprint density at radius 1 is 1.11 bits per heavy atom. The normalized spacial score (nSPS) is 26.5. The minimum Gasteiger partial charge on any atom is -0.379 e. The third kappa shape index (κ3) is 4.76. The van der Waals surface area contributed by atoms with Crippen LogP contribution < -0.4 is 0 Å². The van der Waals surface area contributed by atoms with Crippen LogP contribution in [0.25, 0.3) is 0 Å². The molecule has 0 aromatic heterocycles. The molecule has 3 heterocycles. The predicted molar refractivity (Wildman–Crippen MR) is 111 cm³/mol. The number of morpholine rings is 1. The van der Waals surface area contributed by atoms with E-state index in [9.17, 15) is 4.79 Å². The van der Waals surface area contributed by atoms with E-state index in [4.69, 9.17) is 4.74 Å². The Morgan fingerprint density at radius 3 is 2.54 bits per heavy atom. The second-order valence-electron chi connectivity index (χ2n) is 9.09. The number of likely N-dealkylation sites (tertiary alicyclic amines) is 2. The number of benzene rings is 1. The molecule has 154 valence electrons. The number of carbonyl (C=O) groups is 1. The van der Waals surface area contributed by atoms with Crippen LogP contribution >= 0.6 is 0 Å². The first-order valence-electron chi connectivity index (χ1n) is 10.9. The fourth-order valence-corrected chi connectivity index (χ4v) is 5.44. The van der Waals surface area contributed by atoms with Crippen LogP contribution in [0.4, 0.5) is 0 Å². The second kappa shape index (κ2) is 8.93. The highest BCUT2D eigenvalue weighted by molar-refractivity contribution is 5.76. The molecule has 3 fully saturated rings. The lowest BCUT2D eigenvalue weighted by Crippen LogP contribution is -2.51. The van der Waals surface area contributed by atoms with Gasteiger partial charge in [0.1, 0.15) is 0 Å². The summed E-state index contributed by atoms with van der Waals surface area (Å²) in [6.07, 6.45) is 4.20. The highest BCUT2D eigenvalue weighted by atomic mass is 16.5. The zero-order chi connectivity index (χ0) is 19.4. The lowest BCUT2D eigenvalue weighted by Gasteiger charge is -2.49. The Kier molecular flexibility index (Phi) is 6.34. The SMILES string of the molecule is CN1C[C@@H](c2ccccc2)CC2(CCN(C(=O)CCN3CCOCC3)CC2)C1. The Hall–Kier alpha value is -1.43. The lowest BCUT2D eigenvalue weighted by molar-refractivity contribution is -0.134. The van der Waals surface area contributed by atoms with E-state index in [0.29, 0.717) is 23.7 Å². The minimum absolute atomic E-state index is 0.338. The van der Waals surface area contributed by atoms with E-state index in [0.717, 1.165) is 65.3 Å². The summed E-state index contributed by atoms with van der Waals surface area (Å²) in [6, 6.07) is 11.0. The molecule has 0 bridgehead atoms. The number of carbonyl (C=O) groups excluding carboxylic acids is 1. The summed E-state index contributed by atoms with van der Waals surface area (Å²) < 4.78 is 5.39. The Morgan fingerprint density at radius 2 is 1.82 bits per heavy atom. The first-order chi connectivity index (χ1) is 13.6. The van der Waals surface area contributed by atoms with Crippen LogP contribution in [0.1, 0.15) is 37.2 Å². The first kappa shape index (κ1) is 19.9. The van der Waals surface area contributed by atoms with Gasteiger partial charge in [-0.25, -0.2) is 0 Å². The molecular formula is C23H35N3O2. The number of ether oxygens (including phenoxy) is 1. The smallest absolute Gasteiger partial charge is 0.223 e. The maximum Gasteiger partial charge on any atom is 0.223 e. The molecule has 1 atom stereocenters. The molecule has 0 aliphatic carbocycles. The molecule has 0 radical (unpaired) electrons. The van der Waals surface area contributed by atoms with Crippen LogP contribution in [-0.2, 0) is 9.53 Å². The summed E-state index contributed by atoms with van der Waals surface area (Å²) in [4.78, 5) is 19.7. The molecule has 4 rings (SSSR count). The molecule has 3 aliphatic rings. The molecule has 1 spiro atoms. The molecule has 0 N–H and O–H groups in total. The number of hydrogen-bond donors (Lipinski definition) is 0. The largest absolute Gasteiger partial charge is 0.379 e. The van der Waals surface area contributed by atoms with Crippen LogP contribution in [0.15, 0.2) is 30.3 Å². The Balaban J connectivity index is 1.30. The second-order valence-corrected chi connectivity index (χ2v) is 9.09. The molecule has 3 aliphatic heterocycles. The highest BCUT2D eigenvalue weighted by Crippen LogP contribution is 2.44. The van der Waals surface area contributed by atoms with Gasteiger partial charge in [0.15, 0.2) is 0 Å². The summed E-state index contributed by atoms with van der Waals surface area (Å²) in [6.45, 7) is 8.58. The lowest BCUT2D eigenvalue weighted by atomic mass is 9.68. The number of piperidine rings is 2. The van der Waals surface area contributed by atoms with Crippen LogP contribution in [0.5, 0.6) is 0 Å². The number of nitrogens with zero attached hydrogens (tertiary/aromatic N) is 3. The Labute approximate surface area is 169 Å². The average molecular weight is 386 g/mol. The molecule has 5 nitrogen and oxygen atoms in total. The van der Waals surface area contributed by atoms with Crippen molar-refractivity contribution < 1.29 is 9.53 Å². The van der Waals surface area contributed by atoms with Gasteiger partial charge in [-0.05, 0) is 43.2 Å². The summed E-state index contributed by atoms with van der Waals surface area (Å²) in [5, 5.41) is 0. The Bertz CT molecular complexity index is 637. The zero-order valence-electron chi connectivity index (χ0n) is 17.3. The fraction of sp³-hybridized carbons (Fsp3) is 0.696. The van der Waals surface area contributed by atoms with Crippen molar-refractivity contribution in [2.75, 3.05) is 66.1 Å². The number of hydrogen-bond acceptors (Lipinski definition) is 4. The minimum atomic E-state index is 0.338. The van der Waals surface area contributed by atoms with Crippen molar-refractivity contribution in [3.05, 3.63) is 35.9 Å². The summed E-state index contributed by atoms with van der Waals surface area (Å²) in [5.41, 5.74) is 1.84. The molecule has 0 unspecified atom stereocenters. The molecular weight excluding hydrogens is 350 g/mol. The van der Waals surface area contributed by atoms with E-state index in [1.54, 1.807) is 0 Å². The summed E-state index contributed by atoms with van der Waals surface area (Å²) in [7, 11) is 2.26. The van der Waals surface area contributed by atoms with Gasteiger partial charge < -0.3 is 14.5 Å². The number of rotatable bonds is 4. The van der Waals surface area contributed by atoms with Gasteiger partial charge in [0.25, 0.3) is 0 Å². The third-order valence-corrected chi connectivity index (χ3v) is 7.01. The van der Waals surface area contributed by atoms with E-state index in [1.807, 2.05) is 0 Å². The van der Waals surface area contributed by atoms with Gasteiger partial charge in [-0.1, -0.05) is 30.3 Å². The van der Waals surface area contributed by atoms with Gasteiger partial charge in [0.2, 0.25) is 5.91 Å². The van der Waals surface area contributed by atoms with Gasteiger partial charge in [0.05, 0.1) is 13.2 Å². The monoisotopic (exact) mass is 385 g/mol. The van der Waals surface area contributed by atoms with E-state index >= 15 is 0 Å². The average Bonchev–Trinajstić information content (AvgIpc) is 2.73. The molecule has 5 heteroatoms.